The number of aliphatic carboxylic acids is 1. The number of hydrogen-bond acceptors (Lipinski definition) is 3. The zero-order chi connectivity index (χ0) is 29.3. The van der Waals surface area contributed by atoms with Crippen molar-refractivity contribution in [2.24, 2.45) is 5.92 Å². The summed E-state index contributed by atoms with van der Waals surface area (Å²) in [5.41, 5.74) is 8.00. The Morgan fingerprint density at radius 3 is 2.30 bits per heavy atom. The van der Waals surface area contributed by atoms with Crippen LogP contribution in [0.2, 0.25) is 0 Å². The Kier molecular flexibility index (Phi) is 10.6. The van der Waals surface area contributed by atoms with E-state index in [2.05, 4.69) is 24.9 Å². The van der Waals surface area contributed by atoms with Crippen LogP contribution in [0.3, 0.4) is 0 Å². The topological polar surface area (TPSA) is 103 Å². The number of alkyl halides is 2. The molecule has 0 aromatic heterocycles. The maximum Gasteiger partial charge on any atom is 0.305 e. The van der Waals surface area contributed by atoms with Crippen LogP contribution in [0.15, 0.2) is 78.9 Å². The molecule has 0 radical (unpaired) electrons. The van der Waals surface area contributed by atoms with Crippen LogP contribution >= 0.6 is 0 Å². The number of hydrogen-bond donors (Lipinski definition) is 3. The van der Waals surface area contributed by atoms with Crippen molar-refractivity contribution in [2.45, 2.75) is 52.2 Å². The smallest absolute Gasteiger partial charge is 0.305 e. The lowest BCUT2D eigenvalue weighted by Crippen LogP contribution is -2.47. The highest BCUT2D eigenvalue weighted by molar-refractivity contribution is 5.94. The van der Waals surface area contributed by atoms with Gasteiger partial charge in [-0.2, -0.15) is 8.78 Å². The van der Waals surface area contributed by atoms with Crippen molar-refractivity contribution in [2.75, 3.05) is 6.54 Å². The normalized spacial score (nSPS) is 12.5. The highest BCUT2D eigenvalue weighted by Gasteiger charge is 2.27. The monoisotopic (exact) mass is 551 g/mol. The molecule has 40 heavy (non-hydrogen) atoms. The summed E-state index contributed by atoms with van der Waals surface area (Å²) in [5.74, 6) is -3.31. The van der Waals surface area contributed by atoms with E-state index in [1.165, 1.54) is 18.2 Å². The lowest BCUT2D eigenvalue weighted by Gasteiger charge is -2.22. The van der Waals surface area contributed by atoms with Gasteiger partial charge in [-0.25, -0.2) is 0 Å². The first-order valence-electron chi connectivity index (χ1n) is 13.4. The zero-order valence-corrected chi connectivity index (χ0v) is 23.1. The van der Waals surface area contributed by atoms with Crippen LogP contribution in [0, 0.1) is 5.92 Å². The summed E-state index contributed by atoms with van der Waals surface area (Å²) in [5, 5.41) is 11.4. The lowest BCUT2D eigenvalue weighted by atomic mass is 9.96. The van der Waals surface area contributed by atoms with Crippen LogP contribution in [-0.4, -0.2) is 23.5 Å². The number of carbonyl (C=O) groups is 2. The fraction of sp³-hybridized carbons (Fsp3) is 0.312. The number of amides is 1. The molecule has 1 atom stereocenters. The minimum atomic E-state index is -3.02. The van der Waals surface area contributed by atoms with E-state index in [1.54, 1.807) is 31.2 Å². The van der Waals surface area contributed by atoms with Gasteiger partial charge in [-0.15, -0.1) is 0 Å². The molecule has 3 rings (SSSR count). The third-order valence-corrected chi connectivity index (χ3v) is 6.44. The van der Waals surface area contributed by atoms with Gasteiger partial charge in [0.15, 0.2) is 0 Å². The van der Waals surface area contributed by atoms with E-state index in [-0.39, 0.29) is 30.5 Å². The number of nitrogens with one attached hydrogen (secondary N) is 1. The molecule has 0 heterocycles. The summed E-state index contributed by atoms with van der Waals surface area (Å²) in [6, 6.07) is 19.1. The number of carboxylic acids is 1. The molecule has 1 amide bonds. The van der Waals surface area contributed by atoms with Gasteiger partial charge in [0.05, 0.1) is 6.42 Å². The van der Waals surface area contributed by atoms with E-state index >= 15 is 0 Å². The van der Waals surface area contributed by atoms with E-state index in [0.717, 1.165) is 34.8 Å². The maximum atomic E-state index is 14.2. The molecule has 0 fully saturated rings. The third-order valence-electron chi connectivity index (χ3n) is 6.44. The van der Waals surface area contributed by atoms with Gasteiger partial charge in [0.2, 0.25) is 0 Å². The molecule has 3 aromatic rings. The molecule has 0 aliphatic rings. The number of carbonyl (C=O) groups excluding carboxylic acids is 1. The molecule has 8 heteroatoms. The molecule has 6 nitrogen and oxygen atoms in total. The van der Waals surface area contributed by atoms with Crippen LogP contribution in [0.5, 0.6) is 5.75 Å². The Bertz CT molecular complexity index is 1320. The first kappa shape index (κ1) is 30.5. The molecule has 0 aliphatic heterocycles. The molecular weight excluding hydrogens is 514 g/mol. The molecule has 0 aliphatic carbocycles. The number of quaternary nitrogens is 1. The summed E-state index contributed by atoms with van der Waals surface area (Å²) in [4.78, 5) is 23.0. The van der Waals surface area contributed by atoms with E-state index in [9.17, 15) is 18.4 Å². The van der Waals surface area contributed by atoms with Gasteiger partial charge in [-0.1, -0.05) is 62.4 Å². The van der Waals surface area contributed by atoms with Crippen LogP contribution in [0.4, 0.5) is 8.78 Å². The van der Waals surface area contributed by atoms with Gasteiger partial charge in [0, 0.05) is 23.2 Å². The second kappa shape index (κ2) is 13.8. The second-order valence-electron chi connectivity index (χ2n) is 10.0. The fourth-order valence-electron chi connectivity index (χ4n) is 4.39. The van der Waals surface area contributed by atoms with Crippen LogP contribution in [0.25, 0.3) is 11.1 Å². The molecule has 5 N–H and O–H groups in total. The van der Waals surface area contributed by atoms with Gasteiger partial charge >= 0.3 is 5.97 Å². The average molecular weight is 552 g/mol. The summed E-state index contributed by atoms with van der Waals surface area (Å²) in [7, 11) is 0. The van der Waals surface area contributed by atoms with Crippen molar-refractivity contribution in [3.63, 3.8) is 0 Å². The van der Waals surface area contributed by atoms with E-state index < -0.39 is 11.9 Å². The molecule has 0 saturated heterocycles. The predicted molar refractivity (Wildman–Crippen MR) is 151 cm³/mol. The highest BCUT2D eigenvalue weighted by atomic mass is 19.3. The quantitative estimate of drug-likeness (QED) is 0.222. The van der Waals surface area contributed by atoms with Crippen molar-refractivity contribution in [1.82, 2.24) is 5.32 Å². The Labute approximate surface area is 233 Å². The Morgan fingerprint density at radius 1 is 1.05 bits per heavy atom. The number of allylic oxidation sites excluding steroid dienone is 2. The van der Waals surface area contributed by atoms with Crippen LogP contribution in [-0.2, 0) is 17.3 Å². The number of carboxylic acid groups (broad SMARTS) is 1. The molecule has 1 unspecified atom stereocenters. The lowest BCUT2D eigenvalue weighted by molar-refractivity contribution is -0.386. The van der Waals surface area contributed by atoms with Gasteiger partial charge in [0.25, 0.3) is 11.8 Å². The zero-order valence-electron chi connectivity index (χ0n) is 23.1. The second-order valence-corrected chi connectivity index (χ2v) is 10.0. The third kappa shape index (κ3) is 8.23. The fourth-order valence-corrected chi connectivity index (χ4v) is 4.39. The standard InChI is InChI=1S/C32H36F2N2O4/c1-4-16-32(33,34)26-11-9-22(10-12-26)28-14-13-27(19-25(28)20-35)40-29(18-21(2)3)23-5-7-24(8-6-23)31(39)36-17-15-30(37)38/h4-14,16,19,21,29H,15,17-18,20,35H2,1-3H3,(H,36,39)(H,37,38)/p+1/b16-4+. The van der Waals surface area contributed by atoms with Crippen molar-refractivity contribution in [1.29, 1.82) is 0 Å². The molecule has 0 saturated carbocycles. The number of ether oxygens (including phenoxy) is 1. The van der Waals surface area contributed by atoms with Gasteiger partial charge in [-0.05, 0) is 66.3 Å². The summed E-state index contributed by atoms with van der Waals surface area (Å²) < 4.78 is 34.9. The van der Waals surface area contributed by atoms with Crippen LogP contribution < -0.4 is 15.8 Å². The first-order chi connectivity index (χ1) is 19.0. The summed E-state index contributed by atoms with van der Waals surface area (Å²) >= 11 is 0. The van der Waals surface area contributed by atoms with Gasteiger partial charge < -0.3 is 20.9 Å². The van der Waals surface area contributed by atoms with Crippen LogP contribution in [0.1, 0.15) is 66.8 Å². The van der Waals surface area contributed by atoms with Crippen molar-refractivity contribution >= 4 is 11.9 Å². The van der Waals surface area contributed by atoms with Crippen molar-refractivity contribution < 1.29 is 33.9 Å². The number of benzene rings is 3. The van der Waals surface area contributed by atoms with Gasteiger partial charge in [0.1, 0.15) is 18.4 Å². The SMILES string of the molecule is C/C=C/C(F)(F)c1ccc(-c2ccc(OC(CC(C)C)c3ccc(C(=O)NCCC(=O)O)cc3)cc2C[NH3+])cc1. The van der Waals surface area contributed by atoms with Crippen molar-refractivity contribution in [3.05, 3.63) is 101 Å². The summed E-state index contributed by atoms with van der Waals surface area (Å²) in [6.07, 6.45) is 2.57. The Morgan fingerprint density at radius 2 is 1.73 bits per heavy atom. The Balaban J connectivity index is 1.80. The van der Waals surface area contributed by atoms with Crippen molar-refractivity contribution in [3.8, 4) is 16.9 Å². The first-order valence-corrected chi connectivity index (χ1v) is 13.4. The largest absolute Gasteiger partial charge is 0.486 e. The predicted octanol–water partition coefficient (Wildman–Crippen LogP) is 6.13. The minimum Gasteiger partial charge on any atom is -0.486 e. The number of halogens is 2. The van der Waals surface area contributed by atoms with E-state index in [1.807, 2.05) is 30.3 Å². The van der Waals surface area contributed by atoms with Gasteiger partial charge in [-0.3, -0.25) is 9.59 Å². The molecular formula is C32H37F2N2O4+. The minimum absolute atomic E-state index is 0.0619. The molecule has 3 aromatic carbocycles. The van der Waals surface area contributed by atoms with E-state index in [4.69, 9.17) is 9.84 Å². The number of rotatable bonds is 13. The molecule has 0 spiro atoms. The molecule has 0 bridgehead atoms. The highest BCUT2D eigenvalue weighted by Crippen LogP contribution is 2.34. The average Bonchev–Trinajstić information content (AvgIpc) is 2.92. The molecule has 212 valence electrons. The Hall–Kier alpha value is -4.04. The summed E-state index contributed by atoms with van der Waals surface area (Å²) in [6.45, 7) is 6.33. The van der Waals surface area contributed by atoms with E-state index in [0.29, 0.717) is 23.8 Å². The maximum absolute atomic E-state index is 14.2.